The highest BCUT2D eigenvalue weighted by Gasteiger charge is 2.55. The van der Waals surface area contributed by atoms with Crippen molar-refractivity contribution < 1.29 is 22.8 Å². The molecule has 1 saturated carbocycles. The Kier molecular flexibility index (Phi) is 5.10. The first-order valence-corrected chi connectivity index (χ1v) is 11.0. The summed E-state index contributed by atoms with van der Waals surface area (Å²) < 4.78 is 41.5. The SMILES string of the molecule is CN(C(=O)Nc1cccc(CC(F)(F)F)c1)C1CC2(C1)CN(C(=O)c1cnn3ccn(C)c13)C2. The maximum atomic E-state index is 12.9. The van der Waals surface area contributed by atoms with Crippen LogP contribution in [-0.4, -0.2) is 68.3 Å². The van der Waals surface area contributed by atoms with E-state index in [-0.39, 0.29) is 29.0 Å². The van der Waals surface area contributed by atoms with Crippen molar-refractivity contribution in [2.24, 2.45) is 12.5 Å². The van der Waals surface area contributed by atoms with Gasteiger partial charge in [0.15, 0.2) is 0 Å². The fraction of sp³-hybridized carbons (Fsp3) is 0.435. The maximum Gasteiger partial charge on any atom is 0.393 e. The second-order valence-electron chi connectivity index (χ2n) is 9.49. The minimum Gasteiger partial charge on any atom is -0.337 e. The van der Waals surface area contributed by atoms with Gasteiger partial charge in [0, 0.05) is 56.7 Å². The number of nitrogens with one attached hydrogen (secondary N) is 1. The molecular formula is C23H25F3N6O2. The largest absolute Gasteiger partial charge is 0.393 e. The number of carbonyl (C=O) groups is 2. The molecule has 1 N–H and O–H groups in total. The van der Waals surface area contributed by atoms with Gasteiger partial charge in [-0.05, 0) is 30.5 Å². The Bertz CT molecular complexity index is 1250. The number of amides is 3. The molecule has 1 aromatic carbocycles. The Balaban J connectivity index is 1.14. The molecule has 2 fully saturated rings. The van der Waals surface area contributed by atoms with Crippen LogP contribution in [-0.2, 0) is 13.5 Å². The van der Waals surface area contributed by atoms with Crippen molar-refractivity contribution in [1.82, 2.24) is 24.0 Å². The molecule has 3 heterocycles. The molecule has 1 aliphatic heterocycles. The van der Waals surface area contributed by atoms with Gasteiger partial charge in [0.25, 0.3) is 5.91 Å². The van der Waals surface area contributed by atoms with Gasteiger partial charge in [0.2, 0.25) is 0 Å². The normalized spacial score (nSPS) is 17.5. The topological polar surface area (TPSA) is 74.9 Å². The molecule has 8 nitrogen and oxygen atoms in total. The lowest BCUT2D eigenvalue weighted by Crippen LogP contribution is -2.67. The van der Waals surface area contributed by atoms with Gasteiger partial charge in [0.1, 0.15) is 11.2 Å². The second kappa shape index (κ2) is 7.78. The summed E-state index contributed by atoms with van der Waals surface area (Å²) in [5, 5.41) is 6.91. The predicted octanol–water partition coefficient (Wildman–Crippen LogP) is 3.55. The monoisotopic (exact) mass is 474 g/mol. The fourth-order valence-corrected chi connectivity index (χ4v) is 5.12. The van der Waals surface area contributed by atoms with Crippen molar-refractivity contribution in [2.75, 3.05) is 25.5 Å². The number of benzene rings is 1. The lowest BCUT2D eigenvalue weighted by atomic mass is 9.60. The zero-order valence-corrected chi connectivity index (χ0v) is 18.8. The summed E-state index contributed by atoms with van der Waals surface area (Å²) in [6, 6.07) is 5.47. The summed E-state index contributed by atoms with van der Waals surface area (Å²) in [7, 11) is 3.56. The third kappa shape index (κ3) is 3.99. The van der Waals surface area contributed by atoms with E-state index in [1.54, 1.807) is 34.9 Å². The minimum atomic E-state index is -4.30. The summed E-state index contributed by atoms with van der Waals surface area (Å²) in [4.78, 5) is 29.0. The van der Waals surface area contributed by atoms with Gasteiger partial charge < -0.3 is 19.7 Å². The van der Waals surface area contributed by atoms with Crippen LogP contribution in [0.25, 0.3) is 5.65 Å². The van der Waals surface area contributed by atoms with E-state index >= 15 is 0 Å². The summed E-state index contributed by atoms with van der Waals surface area (Å²) in [6.45, 7) is 1.28. The number of halogens is 3. The molecule has 180 valence electrons. The standard InChI is InChI=1S/C23H25F3N6O2/c1-29-6-7-32-19(29)18(12-27-32)20(33)31-13-22(14-31)10-17(11-22)30(2)21(34)28-16-5-3-4-15(8-16)9-23(24,25)26/h3-8,12,17H,9-11,13-14H2,1-2H3,(H,28,34). The Labute approximate surface area is 193 Å². The Morgan fingerprint density at radius 3 is 2.68 bits per heavy atom. The van der Waals surface area contributed by atoms with Crippen LogP contribution in [0.5, 0.6) is 0 Å². The van der Waals surface area contributed by atoms with Crippen LogP contribution in [0.15, 0.2) is 42.9 Å². The molecule has 3 amide bonds. The molecule has 3 aromatic rings. The molecule has 34 heavy (non-hydrogen) atoms. The van der Waals surface area contributed by atoms with E-state index in [1.807, 2.05) is 22.7 Å². The van der Waals surface area contributed by atoms with E-state index in [1.165, 1.54) is 18.2 Å². The summed E-state index contributed by atoms with van der Waals surface area (Å²) in [6.07, 6.45) is 1.46. The molecule has 1 aliphatic carbocycles. The number of alkyl halides is 3. The second-order valence-corrected chi connectivity index (χ2v) is 9.49. The molecule has 5 rings (SSSR count). The van der Waals surface area contributed by atoms with Crippen LogP contribution >= 0.6 is 0 Å². The first-order chi connectivity index (χ1) is 16.0. The molecule has 0 unspecified atom stereocenters. The Morgan fingerprint density at radius 1 is 1.24 bits per heavy atom. The number of nitrogens with zero attached hydrogens (tertiary/aromatic N) is 5. The maximum absolute atomic E-state index is 12.9. The molecule has 2 aromatic heterocycles. The number of fused-ring (bicyclic) bond motifs is 1. The van der Waals surface area contributed by atoms with Crippen molar-refractivity contribution in [2.45, 2.75) is 31.5 Å². The van der Waals surface area contributed by atoms with Crippen molar-refractivity contribution in [3.63, 3.8) is 0 Å². The van der Waals surface area contributed by atoms with Gasteiger partial charge in [-0.2, -0.15) is 18.3 Å². The van der Waals surface area contributed by atoms with Crippen molar-refractivity contribution >= 4 is 23.3 Å². The lowest BCUT2D eigenvalue weighted by molar-refractivity contribution is -0.127. The number of aryl methyl sites for hydroxylation is 1. The number of urea groups is 1. The minimum absolute atomic E-state index is 0.0159. The molecule has 0 bridgehead atoms. The van der Waals surface area contributed by atoms with Gasteiger partial charge in [0.05, 0.1) is 12.6 Å². The van der Waals surface area contributed by atoms with Crippen LogP contribution in [0, 0.1) is 5.41 Å². The third-order valence-electron chi connectivity index (χ3n) is 6.89. The Morgan fingerprint density at radius 2 is 1.97 bits per heavy atom. The zero-order chi connectivity index (χ0) is 24.3. The van der Waals surface area contributed by atoms with Crippen LogP contribution < -0.4 is 5.32 Å². The number of carbonyl (C=O) groups excluding carboxylic acids is 2. The van der Waals surface area contributed by atoms with E-state index in [9.17, 15) is 22.8 Å². The number of rotatable bonds is 4. The number of anilines is 1. The average molecular weight is 474 g/mol. The van der Waals surface area contributed by atoms with Crippen molar-refractivity contribution in [3.8, 4) is 0 Å². The van der Waals surface area contributed by atoms with Crippen LogP contribution in [0.4, 0.5) is 23.7 Å². The molecule has 0 radical (unpaired) electrons. The first-order valence-electron chi connectivity index (χ1n) is 11.0. The van der Waals surface area contributed by atoms with Gasteiger partial charge in [-0.3, -0.25) is 4.79 Å². The predicted molar refractivity (Wildman–Crippen MR) is 119 cm³/mol. The van der Waals surface area contributed by atoms with Crippen molar-refractivity contribution in [1.29, 1.82) is 0 Å². The Hall–Kier alpha value is -3.50. The zero-order valence-electron chi connectivity index (χ0n) is 18.8. The molecule has 1 spiro atoms. The van der Waals surface area contributed by atoms with E-state index in [2.05, 4.69) is 10.4 Å². The highest BCUT2D eigenvalue weighted by molar-refractivity contribution is 6.00. The van der Waals surface area contributed by atoms with Gasteiger partial charge in [-0.15, -0.1) is 0 Å². The smallest absolute Gasteiger partial charge is 0.337 e. The number of imidazole rings is 1. The van der Waals surface area contributed by atoms with E-state index in [0.717, 1.165) is 18.5 Å². The molecular weight excluding hydrogens is 449 g/mol. The fourth-order valence-electron chi connectivity index (χ4n) is 5.12. The van der Waals surface area contributed by atoms with Crippen LogP contribution in [0.1, 0.15) is 28.8 Å². The highest BCUT2D eigenvalue weighted by Crippen LogP contribution is 2.50. The number of aromatic nitrogens is 3. The highest BCUT2D eigenvalue weighted by atomic mass is 19.4. The number of likely N-dealkylation sites (tertiary alicyclic amines) is 1. The summed E-state index contributed by atoms with van der Waals surface area (Å²) in [5.41, 5.74) is 1.78. The van der Waals surface area contributed by atoms with E-state index in [4.69, 9.17) is 0 Å². The van der Waals surface area contributed by atoms with Gasteiger partial charge in [-0.1, -0.05) is 12.1 Å². The molecule has 11 heteroatoms. The van der Waals surface area contributed by atoms with Gasteiger partial charge >= 0.3 is 12.2 Å². The summed E-state index contributed by atoms with van der Waals surface area (Å²) >= 11 is 0. The lowest BCUT2D eigenvalue weighted by Gasteiger charge is -2.60. The van der Waals surface area contributed by atoms with Crippen molar-refractivity contribution in [3.05, 3.63) is 54.0 Å². The van der Waals surface area contributed by atoms with Gasteiger partial charge in [-0.25, -0.2) is 9.31 Å². The third-order valence-corrected chi connectivity index (χ3v) is 6.89. The molecule has 0 atom stereocenters. The quantitative estimate of drug-likeness (QED) is 0.629. The number of hydrogen-bond donors (Lipinski definition) is 1. The van der Waals surface area contributed by atoms with E-state index < -0.39 is 12.6 Å². The molecule has 1 saturated heterocycles. The van der Waals surface area contributed by atoms with E-state index in [0.29, 0.717) is 24.3 Å². The first kappa shape index (κ1) is 22.3. The van der Waals surface area contributed by atoms with Crippen LogP contribution in [0.2, 0.25) is 0 Å². The number of hydrogen-bond acceptors (Lipinski definition) is 3. The average Bonchev–Trinajstić information content (AvgIpc) is 3.27. The summed E-state index contributed by atoms with van der Waals surface area (Å²) in [5.74, 6) is -0.0456. The van der Waals surface area contributed by atoms with Crippen LogP contribution in [0.3, 0.4) is 0 Å². The molecule has 2 aliphatic rings.